The van der Waals surface area contributed by atoms with Gasteiger partial charge in [0.1, 0.15) is 5.69 Å². The zero-order valence-corrected chi connectivity index (χ0v) is 10.5. The van der Waals surface area contributed by atoms with Gasteiger partial charge in [-0.05, 0) is 19.1 Å². The number of aromatic amines is 1. The number of ketones is 1. The number of ether oxygens (including phenoxy) is 1. The maximum absolute atomic E-state index is 12.2. The molecule has 0 aliphatic carbocycles. The molecular weight excluding hydrogens is 266 g/mol. The molecule has 104 valence electrons. The number of H-pyrrole nitrogens is 1. The Kier molecular flexibility index (Phi) is 3.74. The summed E-state index contributed by atoms with van der Waals surface area (Å²) in [5, 5.41) is 15.6. The van der Waals surface area contributed by atoms with Crippen LogP contribution in [0.3, 0.4) is 0 Å². The first-order valence-corrected chi connectivity index (χ1v) is 5.79. The zero-order valence-electron chi connectivity index (χ0n) is 10.5. The van der Waals surface area contributed by atoms with Crippen molar-refractivity contribution in [2.75, 3.05) is 6.61 Å². The number of carbonyl (C=O) groups excluding carboxylic acids is 2. The van der Waals surface area contributed by atoms with Gasteiger partial charge in [-0.2, -0.15) is 5.10 Å². The summed E-state index contributed by atoms with van der Waals surface area (Å²) in [6.45, 7) is 1.51. The van der Waals surface area contributed by atoms with Crippen molar-refractivity contribution in [3.63, 3.8) is 0 Å². The number of esters is 1. The Morgan fingerprint density at radius 3 is 2.85 bits per heavy atom. The number of carboxylic acid groups (broad SMARTS) is 1. The number of fused-ring (bicyclic) bond motifs is 1. The number of aliphatic carboxylic acids is 1. The molecule has 8 heteroatoms. The number of nitrogens with one attached hydrogen (secondary N) is 1. The van der Waals surface area contributed by atoms with E-state index in [1.165, 1.54) is 13.1 Å². The number of pyridine rings is 1. The maximum atomic E-state index is 12.2. The Bertz CT molecular complexity index is 679. The van der Waals surface area contributed by atoms with Gasteiger partial charge in [0.2, 0.25) is 11.7 Å². The summed E-state index contributed by atoms with van der Waals surface area (Å²) in [4.78, 5) is 38.8. The Morgan fingerprint density at radius 1 is 1.45 bits per heavy atom. The number of carboxylic acids is 1. The first-order valence-electron chi connectivity index (χ1n) is 5.79. The van der Waals surface area contributed by atoms with Crippen molar-refractivity contribution < 1.29 is 24.2 Å². The van der Waals surface area contributed by atoms with Gasteiger partial charge in [-0.1, -0.05) is 0 Å². The highest BCUT2D eigenvalue weighted by atomic mass is 16.5. The predicted molar refractivity (Wildman–Crippen MR) is 66.0 cm³/mol. The Labute approximate surface area is 112 Å². The second-order valence-electron chi connectivity index (χ2n) is 3.86. The van der Waals surface area contributed by atoms with E-state index in [2.05, 4.69) is 19.9 Å². The molecule has 0 amide bonds. The number of aromatic nitrogens is 3. The van der Waals surface area contributed by atoms with E-state index < -0.39 is 23.6 Å². The number of rotatable bonds is 5. The molecule has 8 nitrogen and oxygen atoms in total. The van der Waals surface area contributed by atoms with Crippen LogP contribution in [0.25, 0.3) is 11.0 Å². The number of hydrogen-bond acceptors (Lipinski definition) is 6. The van der Waals surface area contributed by atoms with Crippen LogP contribution in [0, 0.1) is 5.92 Å². The molecule has 0 aliphatic heterocycles. The van der Waals surface area contributed by atoms with Gasteiger partial charge in [0.15, 0.2) is 5.65 Å². The smallest absolute Gasteiger partial charge is 0.328 e. The van der Waals surface area contributed by atoms with E-state index in [0.717, 1.165) is 0 Å². The minimum Gasteiger partial charge on any atom is -0.480 e. The van der Waals surface area contributed by atoms with Crippen LogP contribution in [-0.4, -0.2) is 44.6 Å². The summed E-state index contributed by atoms with van der Waals surface area (Å²) in [5.41, 5.74) is 0.192. The average molecular weight is 277 g/mol. The molecule has 2 aromatic rings. The van der Waals surface area contributed by atoms with Crippen molar-refractivity contribution in [2.45, 2.75) is 6.92 Å². The Hall–Kier alpha value is -2.77. The lowest BCUT2D eigenvalue weighted by Gasteiger charge is -2.09. The molecule has 20 heavy (non-hydrogen) atoms. The molecule has 2 N–H and O–H groups in total. The lowest BCUT2D eigenvalue weighted by molar-refractivity contribution is -0.155. The lowest BCUT2D eigenvalue weighted by Crippen LogP contribution is -2.33. The minimum atomic E-state index is -1.92. The second kappa shape index (κ2) is 5.47. The van der Waals surface area contributed by atoms with Gasteiger partial charge >= 0.3 is 11.9 Å². The first kappa shape index (κ1) is 13.7. The molecule has 0 fully saturated rings. The highest BCUT2D eigenvalue weighted by molar-refractivity contribution is 6.22. The Balaban J connectivity index is 2.42. The molecule has 1 atom stereocenters. The zero-order chi connectivity index (χ0) is 14.7. The fourth-order valence-electron chi connectivity index (χ4n) is 1.73. The first-order chi connectivity index (χ1) is 9.56. The van der Waals surface area contributed by atoms with Gasteiger partial charge in [0.05, 0.1) is 6.61 Å². The number of Topliss-reactive ketones (excluding diaryl/α,β-unsaturated/α-hetero) is 1. The fourth-order valence-corrected chi connectivity index (χ4v) is 1.73. The molecule has 0 spiro atoms. The molecule has 0 aromatic carbocycles. The molecular formula is C12H11N3O5. The van der Waals surface area contributed by atoms with E-state index in [-0.39, 0.29) is 17.9 Å². The normalized spacial score (nSPS) is 12.1. The molecule has 0 saturated carbocycles. The van der Waals surface area contributed by atoms with Gasteiger partial charge in [-0.3, -0.25) is 19.5 Å². The maximum Gasteiger partial charge on any atom is 0.328 e. The van der Waals surface area contributed by atoms with Crippen molar-refractivity contribution in [1.29, 1.82) is 0 Å². The van der Waals surface area contributed by atoms with Crippen LogP contribution in [0.1, 0.15) is 17.4 Å². The van der Waals surface area contributed by atoms with Crippen molar-refractivity contribution in [1.82, 2.24) is 15.2 Å². The van der Waals surface area contributed by atoms with E-state index in [1.807, 2.05) is 0 Å². The minimum absolute atomic E-state index is 0.0127. The molecule has 1 unspecified atom stereocenters. The van der Waals surface area contributed by atoms with Gasteiger partial charge in [-0.15, -0.1) is 0 Å². The van der Waals surface area contributed by atoms with Crippen LogP contribution < -0.4 is 0 Å². The highest BCUT2D eigenvalue weighted by Gasteiger charge is 2.37. The molecule has 0 saturated heterocycles. The summed E-state index contributed by atoms with van der Waals surface area (Å²) < 4.78 is 4.61. The summed E-state index contributed by atoms with van der Waals surface area (Å²) >= 11 is 0. The number of nitrogens with zero attached hydrogens (tertiary/aromatic N) is 2. The largest absolute Gasteiger partial charge is 0.480 e. The van der Waals surface area contributed by atoms with Gasteiger partial charge in [-0.25, -0.2) is 4.98 Å². The van der Waals surface area contributed by atoms with Crippen LogP contribution in [0.5, 0.6) is 0 Å². The summed E-state index contributed by atoms with van der Waals surface area (Å²) in [7, 11) is 0. The van der Waals surface area contributed by atoms with Crippen LogP contribution in [0.2, 0.25) is 0 Å². The number of carbonyl (C=O) groups is 3. The van der Waals surface area contributed by atoms with Crippen molar-refractivity contribution in [2.24, 2.45) is 5.92 Å². The van der Waals surface area contributed by atoms with Gasteiger partial charge in [0.25, 0.3) is 0 Å². The van der Waals surface area contributed by atoms with Crippen molar-refractivity contribution in [3.05, 3.63) is 24.0 Å². The SMILES string of the molecule is CCOC(=O)C(C(=O)O)C(=O)c1[nH]nc2ncccc12. The third-order valence-corrected chi connectivity index (χ3v) is 2.61. The van der Waals surface area contributed by atoms with E-state index in [1.54, 1.807) is 12.1 Å². The third-order valence-electron chi connectivity index (χ3n) is 2.61. The lowest BCUT2D eigenvalue weighted by atomic mass is 10.0. The van der Waals surface area contributed by atoms with Crippen LogP contribution in [-0.2, 0) is 14.3 Å². The third kappa shape index (κ3) is 2.35. The van der Waals surface area contributed by atoms with Crippen LogP contribution in [0.15, 0.2) is 18.3 Å². The number of hydrogen-bond donors (Lipinski definition) is 2. The van der Waals surface area contributed by atoms with E-state index >= 15 is 0 Å². The molecule has 0 radical (unpaired) electrons. The predicted octanol–water partition coefficient (Wildman–Crippen LogP) is 0.404. The average Bonchev–Trinajstić information content (AvgIpc) is 2.82. The molecule has 0 bridgehead atoms. The highest BCUT2D eigenvalue weighted by Crippen LogP contribution is 2.18. The monoisotopic (exact) mass is 277 g/mol. The van der Waals surface area contributed by atoms with Gasteiger partial charge in [0, 0.05) is 11.6 Å². The molecule has 2 aromatic heterocycles. The quantitative estimate of drug-likeness (QED) is 0.461. The Morgan fingerprint density at radius 2 is 2.20 bits per heavy atom. The van der Waals surface area contributed by atoms with E-state index in [9.17, 15) is 14.4 Å². The van der Waals surface area contributed by atoms with E-state index in [4.69, 9.17) is 5.11 Å². The fraction of sp³-hybridized carbons (Fsp3) is 0.250. The topological polar surface area (TPSA) is 122 Å². The molecule has 2 heterocycles. The summed E-state index contributed by atoms with van der Waals surface area (Å²) in [6, 6.07) is 3.14. The van der Waals surface area contributed by atoms with Crippen LogP contribution >= 0.6 is 0 Å². The summed E-state index contributed by atoms with van der Waals surface area (Å²) in [6.07, 6.45) is 1.48. The second-order valence-corrected chi connectivity index (χ2v) is 3.86. The van der Waals surface area contributed by atoms with Crippen molar-refractivity contribution in [3.8, 4) is 0 Å². The van der Waals surface area contributed by atoms with E-state index in [0.29, 0.717) is 5.39 Å². The van der Waals surface area contributed by atoms with Crippen molar-refractivity contribution >= 4 is 28.8 Å². The van der Waals surface area contributed by atoms with Gasteiger partial charge < -0.3 is 9.84 Å². The summed E-state index contributed by atoms with van der Waals surface area (Å²) in [5.74, 6) is -5.50. The van der Waals surface area contributed by atoms with Crippen LogP contribution in [0.4, 0.5) is 0 Å². The standard InChI is InChI=1S/C12H11N3O5/c1-2-20-12(19)7(11(17)18)9(16)8-6-4-3-5-13-10(6)15-14-8/h3-5,7H,2H2,1H3,(H,17,18)(H,13,14,15). The molecule has 0 aliphatic rings. The molecule has 2 rings (SSSR count).